The first-order valence-electron chi connectivity index (χ1n) is 12.4. The van der Waals surface area contributed by atoms with Gasteiger partial charge in [0.25, 0.3) is 5.91 Å². The van der Waals surface area contributed by atoms with Gasteiger partial charge >= 0.3 is 0 Å². The molecule has 37 heavy (non-hydrogen) atoms. The van der Waals surface area contributed by atoms with Crippen molar-refractivity contribution in [3.05, 3.63) is 59.9 Å². The number of anilines is 2. The highest BCUT2D eigenvalue weighted by Gasteiger charge is 2.39. The Bertz CT molecular complexity index is 1280. The third-order valence-electron chi connectivity index (χ3n) is 6.19. The highest BCUT2D eigenvalue weighted by atomic mass is 32.2. The van der Waals surface area contributed by atoms with Crippen LogP contribution in [0.25, 0.3) is 11.3 Å². The van der Waals surface area contributed by atoms with Crippen LogP contribution < -0.4 is 20.1 Å². The first kappa shape index (κ1) is 26.7. The van der Waals surface area contributed by atoms with Crippen molar-refractivity contribution >= 4 is 29.5 Å². The predicted molar refractivity (Wildman–Crippen MR) is 147 cm³/mol. The number of nitrogens with two attached hydrogens (primary N) is 1. The van der Waals surface area contributed by atoms with Crippen molar-refractivity contribution in [2.75, 3.05) is 23.8 Å². The van der Waals surface area contributed by atoms with E-state index in [1.807, 2.05) is 13.8 Å². The Hall–Kier alpha value is -3.33. The molecule has 1 fully saturated rings. The number of ether oxygens (including phenoxy) is 1. The number of nitrogen functional groups attached to an aromatic ring is 1. The van der Waals surface area contributed by atoms with Crippen molar-refractivity contribution in [3.8, 4) is 17.0 Å². The van der Waals surface area contributed by atoms with E-state index in [1.54, 1.807) is 36.4 Å². The predicted octanol–water partition coefficient (Wildman–Crippen LogP) is 5.96. The molecule has 1 amide bonds. The van der Waals surface area contributed by atoms with Gasteiger partial charge in [0, 0.05) is 35.7 Å². The zero-order valence-electron chi connectivity index (χ0n) is 21.9. The molecule has 1 aromatic carbocycles. The molecule has 1 saturated heterocycles. The van der Waals surface area contributed by atoms with Gasteiger partial charge in [-0.05, 0) is 68.5 Å². The van der Waals surface area contributed by atoms with Crippen LogP contribution in [0.4, 0.5) is 16.0 Å². The van der Waals surface area contributed by atoms with Crippen LogP contribution in [0.3, 0.4) is 0 Å². The molecule has 3 N–H and O–H groups in total. The fourth-order valence-electron chi connectivity index (χ4n) is 4.65. The summed E-state index contributed by atoms with van der Waals surface area (Å²) in [5, 5.41) is 0.586. The van der Waals surface area contributed by atoms with E-state index in [0.717, 1.165) is 24.9 Å². The summed E-state index contributed by atoms with van der Waals surface area (Å²) in [6, 6.07) is 13.3. The quantitative estimate of drug-likeness (QED) is 0.352. The number of pyridine rings is 2. The van der Waals surface area contributed by atoms with Crippen molar-refractivity contribution in [2.45, 2.75) is 51.6 Å². The molecule has 7 nitrogen and oxygen atoms in total. The maximum absolute atomic E-state index is 14.5. The summed E-state index contributed by atoms with van der Waals surface area (Å²) in [6.07, 6.45) is 0.967. The van der Waals surface area contributed by atoms with Crippen molar-refractivity contribution in [3.63, 3.8) is 0 Å². The number of nitrogens with zero attached hydrogens (tertiary/aromatic N) is 3. The number of carbonyl (C=O) groups excluding carboxylic acids is 1. The highest BCUT2D eigenvalue weighted by molar-refractivity contribution is 7.97. The summed E-state index contributed by atoms with van der Waals surface area (Å²) in [5.74, 6) is 1.46. The van der Waals surface area contributed by atoms with E-state index < -0.39 is 5.82 Å². The van der Waals surface area contributed by atoms with Crippen LogP contribution >= 0.6 is 11.9 Å². The molecule has 4 rings (SSSR count). The van der Waals surface area contributed by atoms with Crippen LogP contribution in [0.15, 0.2) is 53.6 Å². The zero-order valence-corrected chi connectivity index (χ0v) is 22.7. The highest BCUT2D eigenvalue weighted by Crippen LogP contribution is 2.38. The number of carbonyl (C=O) groups is 1. The van der Waals surface area contributed by atoms with E-state index in [9.17, 15) is 9.18 Å². The number of hydrogen-bond donors (Lipinski definition) is 2. The first-order chi connectivity index (χ1) is 17.5. The Morgan fingerprint density at radius 2 is 2.03 bits per heavy atom. The first-order valence-corrected chi connectivity index (χ1v) is 13.3. The summed E-state index contributed by atoms with van der Waals surface area (Å²) in [6.45, 7) is 11.8. The van der Waals surface area contributed by atoms with E-state index in [-0.39, 0.29) is 11.4 Å². The van der Waals surface area contributed by atoms with Crippen LogP contribution in [0.5, 0.6) is 5.75 Å². The Morgan fingerprint density at radius 1 is 1.24 bits per heavy atom. The lowest BCUT2D eigenvalue weighted by Crippen LogP contribution is -2.40. The number of benzene rings is 1. The van der Waals surface area contributed by atoms with Crippen LogP contribution in [-0.2, 0) is 0 Å². The third kappa shape index (κ3) is 6.52. The molecule has 0 aliphatic carbocycles. The Labute approximate surface area is 222 Å². The zero-order chi connectivity index (χ0) is 26.7. The summed E-state index contributed by atoms with van der Waals surface area (Å²) < 4.78 is 23.1. The molecule has 0 saturated carbocycles. The van der Waals surface area contributed by atoms with Crippen LogP contribution in [0, 0.1) is 17.7 Å². The lowest BCUT2D eigenvalue weighted by molar-refractivity contribution is 0.0984. The van der Waals surface area contributed by atoms with Gasteiger partial charge in [0.15, 0.2) is 0 Å². The Morgan fingerprint density at radius 3 is 2.70 bits per heavy atom. The molecule has 196 valence electrons. The van der Waals surface area contributed by atoms with E-state index in [2.05, 4.69) is 35.4 Å². The molecule has 0 unspecified atom stereocenters. The minimum absolute atomic E-state index is 0.198. The normalized spacial score (nSPS) is 16.7. The minimum atomic E-state index is -0.400. The fourth-order valence-corrected chi connectivity index (χ4v) is 5.25. The smallest absolute Gasteiger partial charge is 0.265 e. The molecule has 0 spiro atoms. The average Bonchev–Trinajstić information content (AvgIpc) is 3.12. The minimum Gasteiger partial charge on any atom is -0.493 e. The summed E-state index contributed by atoms with van der Waals surface area (Å²) in [7, 11) is 0. The molecule has 1 atom stereocenters. The number of hydrogen-bond acceptors (Lipinski definition) is 7. The molecule has 2 aromatic heterocycles. The molecule has 0 bridgehead atoms. The topological polar surface area (TPSA) is 93.4 Å². The summed E-state index contributed by atoms with van der Waals surface area (Å²) >= 11 is 1.10. The van der Waals surface area contributed by atoms with Gasteiger partial charge in [0.05, 0.1) is 17.9 Å². The largest absolute Gasteiger partial charge is 0.493 e. The second-order valence-electron chi connectivity index (χ2n) is 10.6. The molecular formula is C28H34FN5O2S. The second kappa shape index (κ2) is 11.0. The lowest BCUT2D eigenvalue weighted by atomic mass is 9.97. The van der Waals surface area contributed by atoms with Gasteiger partial charge in [0.1, 0.15) is 28.2 Å². The molecule has 0 radical (unpaired) electrons. The average molecular weight is 524 g/mol. The lowest BCUT2D eigenvalue weighted by Gasteiger charge is -2.34. The fraction of sp³-hybridized carbons (Fsp3) is 0.393. The monoisotopic (exact) mass is 523 g/mol. The maximum atomic E-state index is 14.5. The van der Waals surface area contributed by atoms with E-state index in [4.69, 9.17) is 15.5 Å². The summed E-state index contributed by atoms with van der Waals surface area (Å²) in [5.41, 5.74) is 7.17. The number of amides is 1. The molecule has 3 heterocycles. The van der Waals surface area contributed by atoms with Crippen molar-refractivity contribution < 1.29 is 13.9 Å². The molecule has 9 heteroatoms. The molecular weight excluding hydrogens is 489 g/mol. The standard InChI is InChI=1S/C28H34FN5O2S/c1-17(2)16-36-21-12-19(11-20(29)13-21)23-10-9-22(26(31-23)34-15-18(3)14-28(34,4)5)27(35)33-37-25-8-6-7-24(30)32-25/h6-13,17-18H,14-16H2,1-5H3,(H2,30,32)(H,33,35)/t18-/m1/s1. The molecule has 3 aromatic rings. The van der Waals surface area contributed by atoms with Crippen LogP contribution in [0.2, 0.25) is 0 Å². The third-order valence-corrected chi connectivity index (χ3v) is 6.92. The Kier molecular flexibility index (Phi) is 7.92. The molecule has 1 aliphatic heterocycles. The van der Waals surface area contributed by atoms with Gasteiger partial charge in [-0.25, -0.2) is 14.4 Å². The summed E-state index contributed by atoms with van der Waals surface area (Å²) in [4.78, 5) is 24.7. The van der Waals surface area contributed by atoms with Crippen molar-refractivity contribution in [1.29, 1.82) is 0 Å². The van der Waals surface area contributed by atoms with Gasteiger partial charge in [-0.15, -0.1) is 0 Å². The second-order valence-corrected chi connectivity index (χ2v) is 11.4. The van der Waals surface area contributed by atoms with Crippen molar-refractivity contribution in [1.82, 2.24) is 14.7 Å². The number of aromatic nitrogens is 2. The van der Waals surface area contributed by atoms with Gasteiger partial charge in [-0.1, -0.05) is 26.8 Å². The van der Waals surface area contributed by atoms with Gasteiger partial charge in [0.2, 0.25) is 0 Å². The van der Waals surface area contributed by atoms with E-state index in [0.29, 0.717) is 57.7 Å². The van der Waals surface area contributed by atoms with Crippen molar-refractivity contribution in [2.24, 2.45) is 11.8 Å². The Balaban J connectivity index is 1.70. The molecule has 1 aliphatic rings. The van der Waals surface area contributed by atoms with E-state index >= 15 is 0 Å². The van der Waals surface area contributed by atoms with E-state index in [1.165, 1.54) is 12.1 Å². The maximum Gasteiger partial charge on any atom is 0.265 e. The number of halogens is 1. The van der Waals surface area contributed by atoms with Gasteiger partial charge in [-0.3, -0.25) is 9.52 Å². The van der Waals surface area contributed by atoms with Gasteiger partial charge in [-0.2, -0.15) is 0 Å². The van der Waals surface area contributed by atoms with Gasteiger partial charge < -0.3 is 15.4 Å². The van der Waals surface area contributed by atoms with Crippen LogP contribution in [0.1, 0.15) is 51.4 Å². The van der Waals surface area contributed by atoms with Crippen LogP contribution in [-0.4, -0.2) is 34.6 Å². The number of rotatable bonds is 8. The SMILES string of the molecule is CC(C)COc1cc(F)cc(-c2ccc(C(=O)NSc3cccc(N)n3)c(N3C[C@H](C)CC3(C)C)n2)c1. The number of nitrogens with one attached hydrogen (secondary N) is 1.